The van der Waals surface area contributed by atoms with Gasteiger partial charge in [-0.25, -0.2) is 15.0 Å². The summed E-state index contributed by atoms with van der Waals surface area (Å²) < 4.78 is 5.83. The van der Waals surface area contributed by atoms with Gasteiger partial charge in [0, 0.05) is 54.1 Å². The van der Waals surface area contributed by atoms with Crippen LogP contribution < -0.4 is 15.5 Å². The van der Waals surface area contributed by atoms with Crippen LogP contribution in [-0.2, 0) is 11.3 Å². The molecule has 0 aromatic carbocycles. The molecule has 2 aromatic heterocycles. The van der Waals surface area contributed by atoms with Gasteiger partial charge in [0.05, 0.1) is 37.1 Å². The van der Waals surface area contributed by atoms with Gasteiger partial charge >= 0.3 is 0 Å². The molecule has 9 nitrogen and oxygen atoms in total. The van der Waals surface area contributed by atoms with E-state index in [9.17, 15) is 10.2 Å². The molecule has 5 rings (SSSR count). The molecule has 0 saturated carbocycles. The Morgan fingerprint density at radius 2 is 1.94 bits per heavy atom. The Hall–Kier alpha value is -1.69. The lowest BCUT2D eigenvalue weighted by molar-refractivity contribution is 0.0973. The molecule has 190 valence electrons. The molecular formula is C24H33ClN6O3S. The minimum absolute atomic E-state index is 0.0272. The van der Waals surface area contributed by atoms with Crippen molar-refractivity contribution >= 4 is 35.0 Å². The maximum Gasteiger partial charge on any atom is 0.152 e. The van der Waals surface area contributed by atoms with Crippen LogP contribution in [0.25, 0.3) is 0 Å². The minimum Gasteiger partial charge on any atom is -0.396 e. The van der Waals surface area contributed by atoms with Crippen LogP contribution in [0.15, 0.2) is 28.4 Å². The second-order valence-electron chi connectivity index (χ2n) is 10.4. The third-order valence-electron chi connectivity index (χ3n) is 7.73. The van der Waals surface area contributed by atoms with E-state index in [0.717, 1.165) is 36.6 Å². The van der Waals surface area contributed by atoms with Gasteiger partial charge in [-0.1, -0.05) is 30.3 Å². The average Bonchev–Trinajstić information content (AvgIpc) is 3.12. The normalized spacial score (nSPS) is 25.2. The molecule has 0 unspecified atom stereocenters. The van der Waals surface area contributed by atoms with Gasteiger partial charge in [-0.05, 0) is 25.8 Å². The number of rotatable bonds is 6. The Morgan fingerprint density at radius 3 is 2.57 bits per heavy atom. The minimum atomic E-state index is -0.194. The largest absolute Gasteiger partial charge is 0.396 e. The van der Waals surface area contributed by atoms with Crippen LogP contribution in [0.3, 0.4) is 0 Å². The van der Waals surface area contributed by atoms with Crippen LogP contribution in [-0.4, -0.2) is 76.7 Å². The van der Waals surface area contributed by atoms with Gasteiger partial charge in [0.25, 0.3) is 0 Å². The summed E-state index contributed by atoms with van der Waals surface area (Å²) in [6, 6.07) is 1.91. The van der Waals surface area contributed by atoms with Gasteiger partial charge in [0.15, 0.2) is 5.82 Å². The number of aliphatic hydroxyl groups is 2. The third-order valence-corrected chi connectivity index (χ3v) is 9.18. The third kappa shape index (κ3) is 4.60. The zero-order valence-electron chi connectivity index (χ0n) is 20.2. The molecule has 0 amide bonds. The van der Waals surface area contributed by atoms with Crippen molar-refractivity contribution in [3.05, 3.63) is 29.2 Å². The number of nitrogens with two attached hydrogens (primary N) is 1. The van der Waals surface area contributed by atoms with Gasteiger partial charge in [-0.2, -0.15) is 0 Å². The number of aromatic nitrogens is 3. The summed E-state index contributed by atoms with van der Waals surface area (Å²) in [6.07, 6.45) is 5.42. The lowest BCUT2D eigenvalue weighted by Gasteiger charge is -2.48. The second kappa shape index (κ2) is 9.64. The van der Waals surface area contributed by atoms with Gasteiger partial charge in [0.1, 0.15) is 16.5 Å². The number of halogens is 1. The first-order valence-electron chi connectivity index (χ1n) is 12.0. The van der Waals surface area contributed by atoms with E-state index in [2.05, 4.69) is 19.8 Å². The van der Waals surface area contributed by atoms with Crippen molar-refractivity contribution in [2.24, 2.45) is 16.6 Å². The zero-order valence-corrected chi connectivity index (χ0v) is 21.7. The number of hydrogen-bond donors (Lipinski definition) is 3. The maximum absolute atomic E-state index is 10.1. The number of aliphatic hydroxyl groups excluding tert-OH is 2. The fraction of sp³-hybridized carbons (Fsp3) is 0.625. The van der Waals surface area contributed by atoms with Crippen molar-refractivity contribution < 1.29 is 14.9 Å². The van der Waals surface area contributed by atoms with Crippen molar-refractivity contribution in [2.75, 3.05) is 49.2 Å². The monoisotopic (exact) mass is 520 g/mol. The van der Waals surface area contributed by atoms with Gasteiger partial charge in [0.2, 0.25) is 0 Å². The summed E-state index contributed by atoms with van der Waals surface area (Å²) in [5.41, 5.74) is 6.92. The van der Waals surface area contributed by atoms with E-state index in [4.69, 9.17) is 27.1 Å². The van der Waals surface area contributed by atoms with Crippen molar-refractivity contribution in [3.8, 4) is 0 Å². The molecule has 2 atom stereocenters. The summed E-state index contributed by atoms with van der Waals surface area (Å²) >= 11 is 8.10. The fourth-order valence-corrected chi connectivity index (χ4v) is 6.55. The number of ether oxygens (including phenoxy) is 1. The Bertz CT molecular complexity index is 1080. The second-order valence-corrected chi connectivity index (χ2v) is 11.8. The van der Waals surface area contributed by atoms with E-state index in [1.54, 1.807) is 12.4 Å². The fourth-order valence-electron chi connectivity index (χ4n) is 5.41. The maximum atomic E-state index is 10.1. The number of anilines is 2. The van der Waals surface area contributed by atoms with E-state index >= 15 is 0 Å². The molecular weight excluding hydrogens is 488 g/mol. The first kappa shape index (κ1) is 25.0. The Balaban J connectivity index is 1.29. The standard InChI is InChI=1S/C24H33ClN6O3S/c1-15-20(26)24(14-34-15)4-7-30(8-5-24)21-16(10-32)29-18(9-28-21)35-17-3-6-27-22(19(17)25)31-11-23(2,12-31)13-33/h3,6,9,15,20,32-33H,4-5,7-8,10-14,26H2,1-2H3/t15-,20+/m0/s1. The topological polar surface area (TPSA) is 121 Å². The van der Waals surface area contributed by atoms with Gasteiger partial charge in [-0.15, -0.1) is 0 Å². The Labute approximate surface area is 215 Å². The summed E-state index contributed by atoms with van der Waals surface area (Å²) in [6.45, 7) is 7.78. The van der Waals surface area contributed by atoms with Crippen LogP contribution in [0.4, 0.5) is 11.6 Å². The molecule has 3 fully saturated rings. The van der Waals surface area contributed by atoms with Crippen molar-refractivity contribution in [2.45, 2.75) is 55.4 Å². The van der Waals surface area contributed by atoms with E-state index in [1.807, 2.05) is 19.9 Å². The first-order chi connectivity index (χ1) is 16.8. The van der Waals surface area contributed by atoms with Crippen molar-refractivity contribution in [1.82, 2.24) is 15.0 Å². The van der Waals surface area contributed by atoms with E-state index in [-0.39, 0.29) is 36.2 Å². The highest BCUT2D eigenvalue weighted by atomic mass is 35.5. The quantitative estimate of drug-likeness (QED) is 0.523. The van der Waals surface area contributed by atoms with Gasteiger partial charge < -0.3 is 30.5 Å². The highest BCUT2D eigenvalue weighted by molar-refractivity contribution is 7.99. The summed E-state index contributed by atoms with van der Waals surface area (Å²) in [5.74, 6) is 1.43. The Kier molecular flexibility index (Phi) is 6.88. The molecule has 1 spiro atoms. The summed E-state index contributed by atoms with van der Waals surface area (Å²) in [5, 5.41) is 20.8. The van der Waals surface area contributed by atoms with Crippen LogP contribution in [0.2, 0.25) is 5.02 Å². The van der Waals surface area contributed by atoms with Gasteiger partial charge in [-0.3, -0.25) is 0 Å². The molecule has 0 bridgehead atoms. The van der Waals surface area contributed by atoms with E-state index in [0.29, 0.717) is 41.3 Å². The summed E-state index contributed by atoms with van der Waals surface area (Å²) in [7, 11) is 0. The number of piperidine rings is 1. The molecule has 4 N–H and O–H groups in total. The molecule has 35 heavy (non-hydrogen) atoms. The molecule has 3 aliphatic rings. The highest BCUT2D eigenvalue weighted by Crippen LogP contribution is 2.43. The smallest absolute Gasteiger partial charge is 0.152 e. The lowest BCUT2D eigenvalue weighted by atomic mass is 9.73. The van der Waals surface area contributed by atoms with Crippen LogP contribution >= 0.6 is 23.4 Å². The van der Waals surface area contributed by atoms with Crippen molar-refractivity contribution in [1.29, 1.82) is 0 Å². The number of nitrogens with zero attached hydrogens (tertiary/aromatic N) is 5. The number of pyridine rings is 1. The molecule has 2 aromatic rings. The predicted octanol–water partition coefficient (Wildman–Crippen LogP) is 2.32. The highest BCUT2D eigenvalue weighted by Gasteiger charge is 2.47. The van der Waals surface area contributed by atoms with E-state index in [1.165, 1.54) is 11.8 Å². The molecule has 11 heteroatoms. The first-order valence-corrected chi connectivity index (χ1v) is 13.2. The van der Waals surface area contributed by atoms with E-state index < -0.39 is 0 Å². The van der Waals surface area contributed by atoms with Crippen LogP contribution in [0.5, 0.6) is 0 Å². The average molecular weight is 521 g/mol. The molecule has 3 saturated heterocycles. The SMILES string of the molecule is C[C@@H]1OCC2(CCN(c3ncc(Sc4ccnc(N5CC(C)(CO)C5)c4Cl)nc3CO)CC2)[C@@H]1N. The zero-order chi connectivity index (χ0) is 24.8. The molecule has 3 aliphatic heterocycles. The molecule has 0 aliphatic carbocycles. The predicted molar refractivity (Wildman–Crippen MR) is 136 cm³/mol. The van der Waals surface area contributed by atoms with Crippen molar-refractivity contribution in [3.63, 3.8) is 0 Å². The lowest BCUT2D eigenvalue weighted by Crippen LogP contribution is -2.57. The molecule has 0 radical (unpaired) electrons. The number of hydrogen-bond acceptors (Lipinski definition) is 10. The Morgan fingerprint density at radius 1 is 1.20 bits per heavy atom. The summed E-state index contributed by atoms with van der Waals surface area (Å²) in [4.78, 5) is 18.9. The van der Waals surface area contributed by atoms with Crippen LogP contribution in [0.1, 0.15) is 32.4 Å². The van der Waals surface area contributed by atoms with Crippen LogP contribution in [0, 0.1) is 10.8 Å². The molecule has 5 heterocycles.